The highest BCUT2D eigenvalue weighted by Gasteiger charge is 2.22. The summed E-state index contributed by atoms with van der Waals surface area (Å²) in [6.45, 7) is 1.70. The summed E-state index contributed by atoms with van der Waals surface area (Å²) in [5, 5.41) is 4.12. The normalized spacial score (nSPS) is 11.9. The number of amides is 2. The van der Waals surface area contributed by atoms with Crippen molar-refractivity contribution < 1.29 is 14.0 Å². The minimum atomic E-state index is -1.01. The lowest BCUT2D eigenvalue weighted by atomic mass is 10.1. The predicted octanol–water partition coefficient (Wildman–Crippen LogP) is 1.55. The van der Waals surface area contributed by atoms with Gasteiger partial charge in [0.25, 0.3) is 5.91 Å². The molecule has 104 valence electrons. The van der Waals surface area contributed by atoms with Crippen molar-refractivity contribution in [2.24, 2.45) is 5.73 Å². The number of nitrogens with one attached hydrogen (secondary N) is 1. The fourth-order valence-electron chi connectivity index (χ4n) is 1.69. The number of halogens is 1. The molecule has 0 saturated heterocycles. The Labute approximate surface area is 118 Å². The van der Waals surface area contributed by atoms with Crippen LogP contribution >= 0.6 is 11.5 Å². The van der Waals surface area contributed by atoms with Gasteiger partial charge in [-0.3, -0.25) is 9.59 Å². The summed E-state index contributed by atoms with van der Waals surface area (Å²) in [5.74, 6) is -1.59. The van der Waals surface area contributed by atoms with E-state index in [0.29, 0.717) is 16.8 Å². The van der Waals surface area contributed by atoms with Gasteiger partial charge in [0.15, 0.2) is 0 Å². The number of nitrogens with zero attached hydrogens (tertiary/aromatic N) is 1. The Balaban J connectivity index is 2.22. The molecule has 2 amide bonds. The monoisotopic (exact) mass is 293 g/mol. The van der Waals surface area contributed by atoms with Gasteiger partial charge in [-0.1, -0.05) is 12.1 Å². The van der Waals surface area contributed by atoms with Crippen LogP contribution in [0.1, 0.15) is 27.7 Å². The minimum absolute atomic E-state index is 0.392. The molecule has 20 heavy (non-hydrogen) atoms. The highest BCUT2D eigenvalue weighted by atomic mass is 32.1. The van der Waals surface area contributed by atoms with Crippen LogP contribution in [0.5, 0.6) is 0 Å². The molecule has 1 atom stereocenters. The van der Waals surface area contributed by atoms with Crippen LogP contribution in [0.3, 0.4) is 0 Å². The number of primary amides is 1. The number of hydrogen-bond acceptors (Lipinski definition) is 4. The average molecular weight is 293 g/mol. The lowest BCUT2D eigenvalue weighted by Gasteiger charge is -2.15. The molecule has 1 aromatic heterocycles. The summed E-state index contributed by atoms with van der Waals surface area (Å²) in [5.41, 5.74) is 6.68. The molecule has 0 aliphatic heterocycles. The molecule has 7 heteroatoms. The van der Waals surface area contributed by atoms with E-state index in [1.807, 2.05) is 0 Å². The van der Waals surface area contributed by atoms with E-state index in [4.69, 9.17) is 5.73 Å². The van der Waals surface area contributed by atoms with Gasteiger partial charge >= 0.3 is 0 Å². The van der Waals surface area contributed by atoms with Gasteiger partial charge in [0.2, 0.25) is 5.91 Å². The van der Waals surface area contributed by atoms with Crippen LogP contribution in [0.25, 0.3) is 0 Å². The van der Waals surface area contributed by atoms with Gasteiger partial charge in [0.1, 0.15) is 11.9 Å². The van der Waals surface area contributed by atoms with Gasteiger partial charge in [-0.2, -0.15) is 4.37 Å². The van der Waals surface area contributed by atoms with E-state index in [1.165, 1.54) is 24.3 Å². The molecule has 0 aliphatic rings. The van der Waals surface area contributed by atoms with Crippen molar-refractivity contribution in [3.05, 3.63) is 52.3 Å². The van der Waals surface area contributed by atoms with E-state index >= 15 is 0 Å². The van der Waals surface area contributed by atoms with Gasteiger partial charge in [0.05, 0.1) is 11.3 Å². The molecule has 0 spiro atoms. The molecule has 0 radical (unpaired) electrons. The van der Waals surface area contributed by atoms with Crippen LogP contribution in [0.2, 0.25) is 0 Å². The van der Waals surface area contributed by atoms with Crippen LogP contribution in [0.15, 0.2) is 29.6 Å². The quantitative estimate of drug-likeness (QED) is 0.896. The van der Waals surface area contributed by atoms with Crippen molar-refractivity contribution in [2.75, 3.05) is 0 Å². The lowest BCUT2D eigenvalue weighted by Crippen LogP contribution is -2.37. The number of nitrogens with two attached hydrogens (primary N) is 1. The Hall–Kier alpha value is -2.28. The number of carbonyl (C=O) groups is 2. The molecule has 2 aromatic rings. The molecule has 1 heterocycles. The number of aromatic nitrogens is 1. The van der Waals surface area contributed by atoms with Crippen LogP contribution in [-0.2, 0) is 4.79 Å². The smallest absolute Gasteiger partial charge is 0.254 e. The molecule has 2 rings (SSSR count). The van der Waals surface area contributed by atoms with Crippen molar-refractivity contribution in [3.8, 4) is 0 Å². The maximum atomic E-state index is 12.9. The molecule has 0 saturated carbocycles. The standard InChI is InChI=1S/C13H12FN3O2S/c1-7-10(6-20-17-7)13(19)16-11(12(15)18)8-2-4-9(14)5-3-8/h2-6,11H,1H3,(H2,15,18)(H,16,19)/t11-/m1/s1. The number of rotatable bonds is 4. The molecule has 0 aliphatic carbocycles. The van der Waals surface area contributed by atoms with Gasteiger partial charge in [0, 0.05) is 5.38 Å². The lowest BCUT2D eigenvalue weighted by molar-refractivity contribution is -0.120. The van der Waals surface area contributed by atoms with Crippen molar-refractivity contribution in [1.82, 2.24) is 9.69 Å². The second-order valence-electron chi connectivity index (χ2n) is 4.17. The van der Waals surface area contributed by atoms with Crippen LogP contribution in [-0.4, -0.2) is 16.2 Å². The Bertz CT molecular complexity index is 639. The first kappa shape index (κ1) is 14.1. The highest BCUT2D eigenvalue weighted by Crippen LogP contribution is 2.16. The Morgan fingerprint density at radius 2 is 2.00 bits per heavy atom. The van der Waals surface area contributed by atoms with Crippen LogP contribution in [0, 0.1) is 12.7 Å². The first-order valence-corrected chi connectivity index (χ1v) is 6.59. The van der Waals surface area contributed by atoms with E-state index < -0.39 is 23.7 Å². The fourth-order valence-corrected chi connectivity index (χ4v) is 2.39. The summed E-state index contributed by atoms with van der Waals surface area (Å²) in [7, 11) is 0. The van der Waals surface area contributed by atoms with Crippen molar-refractivity contribution in [1.29, 1.82) is 0 Å². The minimum Gasteiger partial charge on any atom is -0.368 e. The zero-order chi connectivity index (χ0) is 14.7. The zero-order valence-electron chi connectivity index (χ0n) is 10.6. The maximum absolute atomic E-state index is 12.9. The number of hydrogen-bond donors (Lipinski definition) is 2. The molecule has 0 unspecified atom stereocenters. The van der Waals surface area contributed by atoms with Gasteiger partial charge in [-0.25, -0.2) is 4.39 Å². The second kappa shape index (κ2) is 5.79. The van der Waals surface area contributed by atoms with Crippen LogP contribution < -0.4 is 11.1 Å². The zero-order valence-corrected chi connectivity index (χ0v) is 11.4. The van der Waals surface area contributed by atoms with Crippen molar-refractivity contribution in [3.63, 3.8) is 0 Å². The van der Waals surface area contributed by atoms with Crippen molar-refractivity contribution >= 4 is 23.3 Å². The molecular weight excluding hydrogens is 281 g/mol. The van der Waals surface area contributed by atoms with E-state index in [1.54, 1.807) is 12.3 Å². The topological polar surface area (TPSA) is 85.1 Å². The number of aryl methyl sites for hydroxylation is 1. The summed E-state index contributed by atoms with van der Waals surface area (Å²) in [6, 6.07) is 4.21. The Kier molecular flexibility index (Phi) is 4.09. The fraction of sp³-hybridized carbons (Fsp3) is 0.154. The third-order valence-corrected chi connectivity index (χ3v) is 3.48. The average Bonchev–Trinajstić information content (AvgIpc) is 2.83. The summed E-state index contributed by atoms with van der Waals surface area (Å²) in [4.78, 5) is 23.5. The summed E-state index contributed by atoms with van der Waals surface area (Å²) < 4.78 is 16.9. The van der Waals surface area contributed by atoms with E-state index in [-0.39, 0.29) is 0 Å². The SMILES string of the molecule is Cc1nscc1C(=O)N[C@@H](C(N)=O)c1ccc(F)cc1. The molecule has 3 N–H and O–H groups in total. The maximum Gasteiger partial charge on any atom is 0.254 e. The largest absolute Gasteiger partial charge is 0.368 e. The molecular formula is C13H12FN3O2S. The van der Waals surface area contributed by atoms with E-state index in [9.17, 15) is 14.0 Å². The third-order valence-electron chi connectivity index (χ3n) is 2.76. The van der Waals surface area contributed by atoms with Gasteiger partial charge in [-0.15, -0.1) is 0 Å². The summed E-state index contributed by atoms with van der Waals surface area (Å²) in [6.07, 6.45) is 0. The third kappa shape index (κ3) is 3.00. The summed E-state index contributed by atoms with van der Waals surface area (Å²) >= 11 is 1.15. The molecule has 1 aromatic carbocycles. The van der Waals surface area contributed by atoms with Crippen LogP contribution in [0.4, 0.5) is 4.39 Å². The first-order valence-electron chi connectivity index (χ1n) is 5.75. The second-order valence-corrected chi connectivity index (χ2v) is 4.80. The van der Waals surface area contributed by atoms with E-state index in [2.05, 4.69) is 9.69 Å². The molecule has 5 nitrogen and oxygen atoms in total. The Morgan fingerprint density at radius 1 is 1.35 bits per heavy atom. The Morgan fingerprint density at radius 3 is 2.50 bits per heavy atom. The molecule has 0 fully saturated rings. The molecule has 0 bridgehead atoms. The van der Waals surface area contributed by atoms with Gasteiger partial charge < -0.3 is 11.1 Å². The van der Waals surface area contributed by atoms with E-state index in [0.717, 1.165) is 11.5 Å². The van der Waals surface area contributed by atoms with Crippen molar-refractivity contribution in [2.45, 2.75) is 13.0 Å². The number of carbonyl (C=O) groups excluding carboxylic acids is 2. The first-order chi connectivity index (χ1) is 9.49. The number of benzene rings is 1. The van der Waals surface area contributed by atoms with Gasteiger partial charge in [-0.05, 0) is 36.2 Å². The predicted molar refractivity (Wildman–Crippen MR) is 72.7 cm³/mol. The highest BCUT2D eigenvalue weighted by molar-refractivity contribution is 7.03.